The Bertz CT molecular complexity index is 466. The minimum atomic E-state index is -0.482. The van der Waals surface area contributed by atoms with Crippen LogP contribution in [0, 0.1) is 19.3 Å². The van der Waals surface area contributed by atoms with Gasteiger partial charge >= 0.3 is 5.97 Å². The second-order valence-corrected chi connectivity index (χ2v) is 3.82. The summed E-state index contributed by atoms with van der Waals surface area (Å²) in [5.41, 5.74) is 0.291. The van der Waals surface area contributed by atoms with Gasteiger partial charge in [0.15, 0.2) is 0 Å². The first-order valence-corrected chi connectivity index (χ1v) is 5.77. The normalized spacial score (nSPS) is 11.4. The molecule has 18 heavy (non-hydrogen) atoms. The molecule has 0 aliphatic rings. The number of nitrogens with zero attached hydrogens (tertiary/aromatic N) is 2. The summed E-state index contributed by atoms with van der Waals surface area (Å²) in [6.07, 6.45) is 8.62. The maximum Gasteiger partial charge on any atom is 0.343 e. The molecule has 0 radical (unpaired) electrons. The molecule has 0 spiro atoms. The summed E-state index contributed by atoms with van der Waals surface area (Å²) in [6, 6.07) is -0.160. The lowest BCUT2D eigenvalue weighted by atomic mass is 10.1. The molecule has 0 aromatic carbocycles. The van der Waals surface area contributed by atoms with Crippen LogP contribution < -0.4 is 5.32 Å². The van der Waals surface area contributed by atoms with Gasteiger partial charge in [0.2, 0.25) is 0 Å². The number of terminal acetylenes is 1. The fourth-order valence-electron chi connectivity index (χ4n) is 1.49. The van der Waals surface area contributed by atoms with E-state index in [9.17, 15) is 4.79 Å². The van der Waals surface area contributed by atoms with E-state index in [4.69, 9.17) is 6.42 Å². The maximum absolute atomic E-state index is 11.6. The SMILES string of the molecule is C#CC(CCC)Nc1nc(C)ncc1C(=O)OC. The summed E-state index contributed by atoms with van der Waals surface area (Å²) in [4.78, 5) is 19.8. The van der Waals surface area contributed by atoms with Gasteiger partial charge in [-0.15, -0.1) is 6.42 Å². The Morgan fingerprint density at radius 1 is 1.67 bits per heavy atom. The van der Waals surface area contributed by atoms with Gasteiger partial charge in [0.1, 0.15) is 17.2 Å². The molecule has 0 amide bonds. The van der Waals surface area contributed by atoms with Crippen molar-refractivity contribution in [3.63, 3.8) is 0 Å². The molecule has 1 aromatic heterocycles. The van der Waals surface area contributed by atoms with E-state index in [1.807, 2.05) is 6.92 Å². The van der Waals surface area contributed by atoms with Crippen LogP contribution in [0.4, 0.5) is 5.82 Å². The molecule has 96 valence electrons. The third kappa shape index (κ3) is 3.45. The summed E-state index contributed by atoms with van der Waals surface area (Å²) >= 11 is 0. The van der Waals surface area contributed by atoms with E-state index in [1.54, 1.807) is 6.92 Å². The molecule has 1 rings (SSSR count). The largest absolute Gasteiger partial charge is 0.465 e. The molecule has 0 saturated heterocycles. The average molecular weight is 247 g/mol. The first-order chi connectivity index (χ1) is 8.62. The highest BCUT2D eigenvalue weighted by Crippen LogP contribution is 2.15. The van der Waals surface area contributed by atoms with Gasteiger partial charge < -0.3 is 10.1 Å². The molecule has 0 bridgehead atoms. The molecule has 1 heterocycles. The third-order valence-electron chi connectivity index (χ3n) is 2.40. The van der Waals surface area contributed by atoms with Crippen LogP contribution in [0.2, 0.25) is 0 Å². The van der Waals surface area contributed by atoms with Crippen molar-refractivity contribution in [3.8, 4) is 12.3 Å². The van der Waals surface area contributed by atoms with E-state index in [0.717, 1.165) is 12.8 Å². The number of aromatic nitrogens is 2. The second kappa shape index (κ2) is 6.60. The molecule has 1 N–H and O–H groups in total. The zero-order chi connectivity index (χ0) is 13.5. The van der Waals surface area contributed by atoms with Crippen LogP contribution in [-0.2, 0) is 4.74 Å². The predicted molar refractivity (Wildman–Crippen MR) is 69.3 cm³/mol. The third-order valence-corrected chi connectivity index (χ3v) is 2.40. The van der Waals surface area contributed by atoms with Gasteiger partial charge in [0, 0.05) is 6.20 Å². The number of carbonyl (C=O) groups excluding carboxylic acids is 1. The predicted octanol–water partition coefficient (Wildman–Crippen LogP) is 1.79. The van der Waals surface area contributed by atoms with Crippen molar-refractivity contribution in [2.75, 3.05) is 12.4 Å². The fraction of sp³-hybridized carbons (Fsp3) is 0.462. The first kappa shape index (κ1) is 14.0. The molecular weight excluding hydrogens is 230 g/mol. The van der Waals surface area contributed by atoms with Gasteiger partial charge in [0.05, 0.1) is 13.2 Å². The smallest absolute Gasteiger partial charge is 0.343 e. The highest BCUT2D eigenvalue weighted by atomic mass is 16.5. The molecule has 0 fully saturated rings. The zero-order valence-electron chi connectivity index (χ0n) is 10.9. The molecule has 0 saturated carbocycles. The summed E-state index contributed by atoms with van der Waals surface area (Å²) < 4.78 is 4.68. The average Bonchev–Trinajstić information content (AvgIpc) is 2.37. The number of aryl methyl sites for hydroxylation is 1. The number of esters is 1. The Morgan fingerprint density at radius 2 is 2.39 bits per heavy atom. The Hall–Kier alpha value is -2.09. The van der Waals surface area contributed by atoms with Gasteiger partial charge in [-0.1, -0.05) is 19.3 Å². The van der Waals surface area contributed by atoms with Crippen molar-refractivity contribution in [2.45, 2.75) is 32.7 Å². The maximum atomic E-state index is 11.6. The lowest BCUT2D eigenvalue weighted by Crippen LogP contribution is -2.21. The van der Waals surface area contributed by atoms with E-state index < -0.39 is 5.97 Å². The number of nitrogens with one attached hydrogen (secondary N) is 1. The molecular formula is C13H17N3O2. The minimum Gasteiger partial charge on any atom is -0.465 e. The van der Waals surface area contributed by atoms with Gasteiger partial charge in [0.25, 0.3) is 0 Å². The number of hydrogen-bond acceptors (Lipinski definition) is 5. The second-order valence-electron chi connectivity index (χ2n) is 3.82. The van der Waals surface area contributed by atoms with Crippen LogP contribution in [0.3, 0.4) is 0 Å². The number of carbonyl (C=O) groups is 1. The lowest BCUT2D eigenvalue weighted by molar-refractivity contribution is 0.0601. The van der Waals surface area contributed by atoms with Gasteiger partial charge in [-0.05, 0) is 13.3 Å². The Balaban J connectivity index is 3.02. The van der Waals surface area contributed by atoms with Gasteiger partial charge in [-0.3, -0.25) is 0 Å². The van der Waals surface area contributed by atoms with Crippen molar-refractivity contribution >= 4 is 11.8 Å². The van der Waals surface area contributed by atoms with E-state index in [0.29, 0.717) is 17.2 Å². The van der Waals surface area contributed by atoms with Crippen molar-refractivity contribution in [1.82, 2.24) is 9.97 Å². The number of anilines is 1. The van der Waals surface area contributed by atoms with Crippen molar-refractivity contribution in [3.05, 3.63) is 17.6 Å². The number of hydrogen-bond donors (Lipinski definition) is 1. The van der Waals surface area contributed by atoms with Gasteiger partial charge in [-0.2, -0.15) is 0 Å². The van der Waals surface area contributed by atoms with E-state index >= 15 is 0 Å². The number of ether oxygens (including phenoxy) is 1. The lowest BCUT2D eigenvalue weighted by Gasteiger charge is -2.15. The molecule has 0 aliphatic carbocycles. The monoisotopic (exact) mass is 247 g/mol. The molecule has 5 heteroatoms. The first-order valence-electron chi connectivity index (χ1n) is 5.77. The number of rotatable bonds is 5. The molecule has 1 aromatic rings. The topological polar surface area (TPSA) is 64.1 Å². The Labute approximate surface area is 107 Å². The minimum absolute atomic E-state index is 0.160. The van der Waals surface area contributed by atoms with E-state index in [1.165, 1.54) is 13.3 Å². The summed E-state index contributed by atoms with van der Waals surface area (Å²) in [5, 5.41) is 3.07. The highest BCUT2D eigenvalue weighted by Gasteiger charge is 2.16. The van der Waals surface area contributed by atoms with Gasteiger partial charge in [-0.25, -0.2) is 14.8 Å². The molecule has 5 nitrogen and oxygen atoms in total. The summed E-state index contributed by atoms with van der Waals surface area (Å²) in [7, 11) is 1.32. The summed E-state index contributed by atoms with van der Waals surface area (Å²) in [6.45, 7) is 3.79. The van der Waals surface area contributed by atoms with Crippen molar-refractivity contribution in [1.29, 1.82) is 0 Å². The zero-order valence-corrected chi connectivity index (χ0v) is 10.9. The van der Waals surface area contributed by atoms with Crippen LogP contribution >= 0.6 is 0 Å². The van der Waals surface area contributed by atoms with Crippen molar-refractivity contribution < 1.29 is 9.53 Å². The van der Waals surface area contributed by atoms with E-state index in [-0.39, 0.29) is 6.04 Å². The quantitative estimate of drug-likeness (QED) is 0.634. The van der Waals surface area contributed by atoms with Crippen molar-refractivity contribution in [2.24, 2.45) is 0 Å². The standard InChI is InChI=1S/C13H17N3O2/c1-5-7-10(6-2)16-12-11(13(17)18-4)8-14-9(3)15-12/h2,8,10H,5,7H2,1,3-4H3,(H,14,15,16). The Morgan fingerprint density at radius 3 is 2.94 bits per heavy atom. The number of methoxy groups -OCH3 is 1. The van der Waals surface area contributed by atoms with Crippen LogP contribution in [0.25, 0.3) is 0 Å². The summed E-state index contributed by atoms with van der Waals surface area (Å²) in [5.74, 6) is 3.14. The van der Waals surface area contributed by atoms with Crippen LogP contribution in [0.5, 0.6) is 0 Å². The van der Waals surface area contributed by atoms with E-state index in [2.05, 4.69) is 25.9 Å². The van der Waals surface area contributed by atoms with Crippen LogP contribution in [0.1, 0.15) is 35.9 Å². The fourth-order valence-corrected chi connectivity index (χ4v) is 1.49. The van der Waals surface area contributed by atoms with Crippen LogP contribution in [0.15, 0.2) is 6.20 Å². The van der Waals surface area contributed by atoms with Crippen LogP contribution in [-0.4, -0.2) is 29.1 Å². The highest BCUT2D eigenvalue weighted by molar-refractivity contribution is 5.94. The molecule has 1 atom stereocenters. The molecule has 1 unspecified atom stereocenters. The molecule has 0 aliphatic heterocycles. The Kier molecular flexibility index (Phi) is 5.12.